The summed E-state index contributed by atoms with van der Waals surface area (Å²) in [6.45, 7) is 4.48. The lowest BCUT2D eigenvalue weighted by molar-refractivity contribution is 0.0129. The molecule has 30 heavy (non-hydrogen) atoms. The summed E-state index contributed by atoms with van der Waals surface area (Å²) >= 11 is 0. The fourth-order valence-corrected chi connectivity index (χ4v) is 2.45. The number of aromatic nitrogens is 5. The van der Waals surface area contributed by atoms with E-state index in [1.165, 1.54) is 36.5 Å². The van der Waals surface area contributed by atoms with Gasteiger partial charge in [0.25, 0.3) is 12.3 Å². The summed E-state index contributed by atoms with van der Waals surface area (Å²) in [6.07, 6.45) is -1.51. The number of nitrogens with zero attached hydrogens (tertiary/aromatic N) is 5. The summed E-state index contributed by atoms with van der Waals surface area (Å²) in [5.74, 6) is -2.88. The Morgan fingerprint density at radius 3 is 2.40 bits per heavy atom. The molecule has 3 aromatic heterocycles. The van der Waals surface area contributed by atoms with E-state index in [9.17, 15) is 17.6 Å². The lowest BCUT2D eigenvalue weighted by Crippen LogP contribution is -2.15. The van der Waals surface area contributed by atoms with Crippen LogP contribution in [-0.2, 0) is 5.92 Å². The number of hydrogen-bond acceptors (Lipinski definition) is 7. The number of anilines is 3. The second-order valence-corrected chi connectivity index (χ2v) is 6.80. The predicted octanol–water partition coefficient (Wildman–Crippen LogP) is 5.43. The van der Waals surface area contributed by atoms with Crippen LogP contribution in [0.25, 0.3) is 11.5 Å². The molecule has 162 valence electrons. The Kier molecular flexibility index (Phi) is 6.09. The second kappa shape index (κ2) is 8.56. The van der Waals surface area contributed by atoms with Gasteiger partial charge in [0.15, 0.2) is 5.82 Å². The standard InChI is InChI=1S/C19H19F4N7.2H2/c1-10(2)25-17-28-16(12-5-4-6-14(27-12)19(3,22)23)29-18(30-17)26-11-7-8-24-13(9-11)15(20)21;;/h4-10,15H,1-3H3,(H2,24,25,26,28,29,30);2*1H. The minimum absolute atomic E-state index is 0. The van der Waals surface area contributed by atoms with Crippen molar-refractivity contribution in [2.75, 3.05) is 10.6 Å². The van der Waals surface area contributed by atoms with Crippen LogP contribution in [0, 0.1) is 0 Å². The third kappa shape index (κ3) is 5.37. The van der Waals surface area contributed by atoms with Gasteiger partial charge in [-0.2, -0.15) is 23.7 Å². The topological polar surface area (TPSA) is 88.5 Å². The first-order chi connectivity index (χ1) is 14.1. The van der Waals surface area contributed by atoms with Gasteiger partial charge < -0.3 is 10.6 Å². The van der Waals surface area contributed by atoms with E-state index >= 15 is 0 Å². The van der Waals surface area contributed by atoms with Gasteiger partial charge in [-0.15, -0.1) is 0 Å². The van der Waals surface area contributed by atoms with Gasteiger partial charge in [0, 0.05) is 27.7 Å². The Morgan fingerprint density at radius 1 is 1.00 bits per heavy atom. The third-order valence-corrected chi connectivity index (χ3v) is 3.74. The lowest BCUT2D eigenvalue weighted by atomic mass is 10.2. The number of alkyl halides is 4. The van der Waals surface area contributed by atoms with Crippen LogP contribution in [0.15, 0.2) is 36.5 Å². The van der Waals surface area contributed by atoms with Crippen molar-refractivity contribution in [3.8, 4) is 11.5 Å². The Labute approximate surface area is 173 Å². The minimum atomic E-state index is -3.13. The van der Waals surface area contributed by atoms with Gasteiger partial charge in [-0.1, -0.05) is 6.07 Å². The summed E-state index contributed by atoms with van der Waals surface area (Å²) in [5, 5.41) is 5.82. The molecule has 0 saturated heterocycles. The molecule has 0 aliphatic heterocycles. The Morgan fingerprint density at radius 2 is 1.73 bits per heavy atom. The molecule has 3 rings (SSSR count). The molecule has 0 bridgehead atoms. The summed E-state index contributed by atoms with van der Waals surface area (Å²) in [7, 11) is 0. The molecule has 0 aliphatic rings. The van der Waals surface area contributed by atoms with Crippen molar-refractivity contribution in [1.29, 1.82) is 0 Å². The van der Waals surface area contributed by atoms with Crippen molar-refractivity contribution in [1.82, 2.24) is 24.9 Å². The molecule has 0 atom stereocenters. The maximum absolute atomic E-state index is 13.7. The fraction of sp³-hybridized carbons (Fsp3) is 0.316. The molecule has 0 unspecified atom stereocenters. The molecule has 0 spiro atoms. The van der Waals surface area contributed by atoms with Crippen molar-refractivity contribution in [2.24, 2.45) is 0 Å². The van der Waals surface area contributed by atoms with E-state index in [0.29, 0.717) is 0 Å². The lowest BCUT2D eigenvalue weighted by Gasteiger charge is -2.13. The summed E-state index contributed by atoms with van der Waals surface area (Å²) < 4.78 is 53.1. The van der Waals surface area contributed by atoms with Crippen LogP contribution < -0.4 is 10.6 Å². The molecule has 0 aromatic carbocycles. The zero-order chi connectivity index (χ0) is 21.9. The molecule has 0 radical (unpaired) electrons. The largest absolute Gasteiger partial charge is 0.352 e. The van der Waals surface area contributed by atoms with Crippen molar-refractivity contribution < 1.29 is 20.4 Å². The minimum Gasteiger partial charge on any atom is -0.352 e. The van der Waals surface area contributed by atoms with Crippen LogP contribution in [0.3, 0.4) is 0 Å². The van der Waals surface area contributed by atoms with E-state index in [-0.39, 0.29) is 38.0 Å². The molecule has 3 aromatic rings. The van der Waals surface area contributed by atoms with Gasteiger partial charge >= 0.3 is 0 Å². The van der Waals surface area contributed by atoms with E-state index in [1.54, 1.807) is 0 Å². The fourth-order valence-electron chi connectivity index (χ4n) is 2.45. The first-order valence-electron chi connectivity index (χ1n) is 9.01. The SMILES string of the molecule is CC(C)Nc1nc(Nc2ccnc(C(F)F)c2)nc(-c2cccc(C(C)(F)F)n2)n1.[HH].[HH]. The highest BCUT2D eigenvalue weighted by Gasteiger charge is 2.26. The summed E-state index contributed by atoms with van der Waals surface area (Å²) in [4.78, 5) is 20.2. The normalized spacial score (nSPS) is 11.8. The summed E-state index contributed by atoms with van der Waals surface area (Å²) in [5.41, 5.74) is -0.428. The molecule has 3 heterocycles. The van der Waals surface area contributed by atoms with Gasteiger partial charge in [-0.25, -0.2) is 13.8 Å². The van der Waals surface area contributed by atoms with Crippen molar-refractivity contribution in [3.63, 3.8) is 0 Å². The molecule has 11 heteroatoms. The first-order valence-corrected chi connectivity index (χ1v) is 9.01. The van der Waals surface area contributed by atoms with Crippen LogP contribution in [0.4, 0.5) is 35.1 Å². The highest BCUT2D eigenvalue weighted by Crippen LogP contribution is 2.27. The number of hydrogen-bond donors (Lipinski definition) is 2. The third-order valence-electron chi connectivity index (χ3n) is 3.74. The van der Waals surface area contributed by atoms with Gasteiger partial charge in [0.2, 0.25) is 11.9 Å². The average Bonchev–Trinajstić information content (AvgIpc) is 2.67. The summed E-state index contributed by atoms with van der Waals surface area (Å²) in [6, 6.07) is 6.74. The zero-order valence-electron chi connectivity index (χ0n) is 16.4. The maximum atomic E-state index is 13.7. The maximum Gasteiger partial charge on any atom is 0.286 e. The Balaban J connectivity index is 0.00000256. The Bertz CT molecular complexity index is 1030. The zero-order valence-corrected chi connectivity index (χ0v) is 16.4. The highest BCUT2D eigenvalue weighted by atomic mass is 19.3. The van der Waals surface area contributed by atoms with Gasteiger partial charge in [0.05, 0.1) is 0 Å². The molecular formula is C19H23F4N7. The van der Waals surface area contributed by atoms with Crippen molar-refractivity contribution in [2.45, 2.75) is 39.2 Å². The van der Waals surface area contributed by atoms with E-state index in [4.69, 9.17) is 0 Å². The highest BCUT2D eigenvalue weighted by molar-refractivity contribution is 5.59. The number of halogens is 4. The second-order valence-electron chi connectivity index (χ2n) is 6.80. The molecule has 0 aliphatic carbocycles. The van der Waals surface area contributed by atoms with Crippen LogP contribution in [0.1, 0.15) is 41.4 Å². The van der Waals surface area contributed by atoms with Crippen LogP contribution >= 0.6 is 0 Å². The Hall–Kier alpha value is -3.37. The molecule has 0 saturated carbocycles. The smallest absolute Gasteiger partial charge is 0.286 e. The molecule has 7 nitrogen and oxygen atoms in total. The molecular weight excluding hydrogens is 402 g/mol. The van der Waals surface area contributed by atoms with Crippen LogP contribution in [-0.4, -0.2) is 31.0 Å². The predicted molar refractivity (Wildman–Crippen MR) is 108 cm³/mol. The molecule has 0 amide bonds. The van der Waals surface area contributed by atoms with Crippen molar-refractivity contribution >= 4 is 17.6 Å². The van der Waals surface area contributed by atoms with E-state index in [2.05, 4.69) is 35.6 Å². The van der Waals surface area contributed by atoms with E-state index in [1.807, 2.05) is 13.8 Å². The van der Waals surface area contributed by atoms with Gasteiger partial charge in [-0.3, -0.25) is 4.98 Å². The van der Waals surface area contributed by atoms with E-state index < -0.39 is 23.7 Å². The number of rotatable bonds is 7. The van der Waals surface area contributed by atoms with Gasteiger partial charge in [0.1, 0.15) is 17.1 Å². The van der Waals surface area contributed by atoms with Crippen molar-refractivity contribution in [3.05, 3.63) is 47.9 Å². The number of nitrogens with one attached hydrogen (secondary N) is 2. The number of pyridine rings is 2. The van der Waals surface area contributed by atoms with E-state index in [0.717, 1.165) is 6.92 Å². The first kappa shape index (κ1) is 21.3. The van der Waals surface area contributed by atoms with Crippen LogP contribution in [0.2, 0.25) is 0 Å². The molecule has 2 N–H and O–H groups in total. The monoisotopic (exact) mass is 425 g/mol. The van der Waals surface area contributed by atoms with Crippen LogP contribution in [0.5, 0.6) is 0 Å². The molecule has 0 fully saturated rings. The quantitative estimate of drug-likeness (QED) is 0.488. The average molecular weight is 425 g/mol. The van der Waals surface area contributed by atoms with Gasteiger partial charge in [-0.05, 0) is 38.1 Å².